The van der Waals surface area contributed by atoms with Crippen LogP contribution in [0.2, 0.25) is 5.02 Å². The lowest BCUT2D eigenvalue weighted by molar-refractivity contribution is 0.884. The topological polar surface area (TPSA) is 63.8 Å². The molecule has 0 saturated heterocycles. The molecule has 1 atom stereocenters. The van der Waals surface area contributed by atoms with E-state index in [1.165, 1.54) is 11.1 Å². The van der Waals surface area contributed by atoms with Crippen molar-refractivity contribution in [3.05, 3.63) is 76.7 Å². The van der Waals surface area contributed by atoms with E-state index in [1.54, 1.807) is 0 Å². The number of nitrogens with one attached hydrogen (secondary N) is 1. The third kappa shape index (κ3) is 4.82. The molecule has 0 aliphatic carbocycles. The minimum Gasteiger partial charge on any atom is -0.370 e. The molecular formula is C23H26ClN4. The lowest BCUT2D eigenvalue weighted by Crippen LogP contribution is -2.09. The summed E-state index contributed by atoms with van der Waals surface area (Å²) in [5.41, 5.74) is 11.3. The summed E-state index contributed by atoms with van der Waals surface area (Å²) in [5, 5.41) is 4.07. The highest BCUT2D eigenvalue weighted by atomic mass is 35.5. The zero-order chi connectivity index (χ0) is 20.1. The molecule has 3 aromatic rings. The Bertz CT molecular complexity index is 938. The number of rotatable bonds is 7. The fraction of sp³-hybridized carbons (Fsp3) is 0.261. The van der Waals surface area contributed by atoms with Gasteiger partial charge >= 0.3 is 0 Å². The number of nitrogens with two attached hydrogens (primary N) is 1. The van der Waals surface area contributed by atoms with Crippen LogP contribution in [0.3, 0.4) is 0 Å². The Morgan fingerprint density at radius 2 is 1.89 bits per heavy atom. The van der Waals surface area contributed by atoms with E-state index in [0.717, 1.165) is 29.8 Å². The average Bonchev–Trinajstić information content (AvgIpc) is 2.69. The molecule has 5 heteroatoms. The fourth-order valence-electron chi connectivity index (χ4n) is 3.09. The van der Waals surface area contributed by atoms with Gasteiger partial charge < -0.3 is 11.1 Å². The first-order chi connectivity index (χ1) is 13.5. The van der Waals surface area contributed by atoms with Gasteiger partial charge in [-0.1, -0.05) is 61.8 Å². The highest BCUT2D eigenvalue weighted by Gasteiger charge is 2.09. The standard InChI is InChI=1S/C23H26ClN4/c1-4-15(2)18-10-8-17(9-11-18)12-13-26-22-14-21(27-23(25)28-22)19-6-5-7-20(24)16(19)3/h4-11,14-15H,12-13H2,1-3H3,(H3,25,26,27,28). The van der Waals surface area contributed by atoms with Crippen molar-refractivity contribution in [2.75, 3.05) is 17.6 Å². The number of benzene rings is 2. The molecule has 0 amide bonds. The van der Waals surface area contributed by atoms with E-state index < -0.39 is 0 Å². The SMILES string of the molecule is C[CH]C(C)c1ccc(CCNc2cc(-c3cccc(Cl)c3C)nc(N)n2)cc1. The zero-order valence-corrected chi connectivity index (χ0v) is 17.3. The quantitative estimate of drug-likeness (QED) is 0.542. The Morgan fingerprint density at radius 3 is 2.61 bits per heavy atom. The first kappa shape index (κ1) is 20.2. The van der Waals surface area contributed by atoms with Gasteiger partial charge in [-0.2, -0.15) is 4.98 Å². The van der Waals surface area contributed by atoms with Crippen LogP contribution >= 0.6 is 11.6 Å². The number of hydrogen-bond donors (Lipinski definition) is 2. The van der Waals surface area contributed by atoms with Crippen LogP contribution in [-0.4, -0.2) is 16.5 Å². The minimum atomic E-state index is 0.244. The monoisotopic (exact) mass is 393 g/mol. The van der Waals surface area contributed by atoms with Gasteiger partial charge in [0, 0.05) is 23.2 Å². The van der Waals surface area contributed by atoms with Gasteiger partial charge in [0.1, 0.15) is 5.82 Å². The molecule has 4 nitrogen and oxygen atoms in total. The molecule has 1 radical (unpaired) electrons. The highest BCUT2D eigenvalue weighted by Crippen LogP contribution is 2.28. The number of nitrogen functional groups attached to an aromatic ring is 1. The summed E-state index contributed by atoms with van der Waals surface area (Å²) >= 11 is 6.24. The average molecular weight is 394 g/mol. The molecule has 1 heterocycles. The second-order valence-corrected chi connectivity index (χ2v) is 7.36. The third-order valence-corrected chi connectivity index (χ3v) is 5.42. The molecule has 0 bridgehead atoms. The predicted octanol–water partition coefficient (Wildman–Crippen LogP) is 5.67. The van der Waals surface area contributed by atoms with Gasteiger partial charge in [-0.3, -0.25) is 0 Å². The molecule has 0 aliphatic rings. The second kappa shape index (κ2) is 9.07. The van der Waals surface area contributed by atoms with Crippen molar-refractivity contribution in [2.45, 2.75) is 33.1 Å². The zero-order valence-electron chi connectivity index (χ0n) is 16.5. The van der Waals surface area contributed by atoms with Crippen LogP contribution in [0.15, 0.2) is 48.5 Å². The van der Waals surface area contributed by atoms with Crippen LogP contribution in [0.4, 0.5) is 11.8 Å². The van der Waals surface area contributed by atoms with Crippen LogP contribution in [0.5, 0.6) is 0 Å². The van der Waals surface area contributed by atoms with Gasteiger partial charge in [-0.25, -0.2) is 4.98 Å². The van der Waals surface area contributed by atoms with Crippen LogP contribution in [0, 0.1) is 13.3 Å². The number of nitrogens with zero attached hydrogens (tertiary/aromatic N) is 2. The number of hydrogen-bond acceptors (Lipinski definition) is 4. The number of aromatic nitrogens is 2. The normalized spacial score (nSPS) is 12.0. The van der Waals surface area contributed by atoms with Gasteiger partial charge in [0.25, 0.3) is 0 Å². The summed E-state index contributed by atoms with van der Waals surface area (Å²) < 4.78 is 0. The van der Waals surface area contributed by atoms with E-state index in [0.29, 0.717) is 16.8 Å². The maximum Gasteiger partial charge on any atom is 0.222 e. The molecule has 0 spiro atoms. The first-order valence-corrected chi connectivity index (χ1v) is 9.88. The summed E-state index contributed by atoms with van der Waals surface area (Å²) in [6.45, 7) is 7.04. The number of anilines is 2. The summed E-state index contributed by atoms with van der Waals surface area (Å²) in [5.74, 6) is 1.44. The van der Waals surface area contributed by atoms with Crippen molar-refractivity contribution in [1.29, 1.82) is 0 Å². The smallest absolute Gasteiger partial charge is 0.222 e. The molecule has 1 aromatic heterocycles. The van der Waals surface area contributed by atoms with Crippen molar-refractivity contribution in [2.24, 2.45) is 0 Å². The van der Waals surface area contributed by atoms with Gasteiger partial charge in [0.15, 0.2) is 0 Å². The third-order valence-electron chi connectivity index (χ3n) is 5.01. The molecule has 28 heavy (non-hydrogen) atoms. The Kier molecular flexibility index (Phi) is 6.53. The van der Waals surface area contributed by atoms with E-state index in [2.05, 4.69) is 59.8 Å². The van der Waals surface area contributed by atoms with Crippen LogP contribution in [-0.2, 0) is 6.42 Å². The Hall–Kier alpha value is -2.59. The first-order valence-electron chi connectivity index (χ1n) is 9.50. The van der Waals surface area contributed by atoms with Crippen molar-refractivity contribution in [1.82, 2.24) is 9.97 Å². The van der Waals surface area contributed by atoms with E-state index in [4.69, 9.17) is 17.3 Å². The van der Waals surface area contributed by atoms with E-state index in [1.807, 2.05) is 31.2 Å². The lowest BCUT2D eigenvalue weighted by atomic mass is 9.97. The maximum atomic E-state index is 6.24. The Balaban J connectivity index is 1.68. The van der Waals surface area contributed by atoms with E-state index in [-0.39, 0.29) is 5.95 Å². The molecule has 2 aromatic carbocycles. The van der Waals surface area contributed by atoms with Gasteiger partial charge in [0.2, 0.25) is 5.95 Å². The van der Waals surface area contributed by atoms with Gasteiger partial charge in [0.05, 0.1) is 5.69 Å². The molecular weight excluding hydrogens is 368 g/mol. The largest absolute Gasteiger partial charge is 0.370 e. The summed E-state index contributed by atoms with van der Waals surface area (Å²) in [6.07, 6.45) is 3.11. The summed E-state index contributed by atoms with van der Waals surface area (Å²) in [7, 11) is 0. The lowest BCUT2D eigenvalue weighted by Gasteiger charge is -2.12. The molecule has 3 N–H and O–H groups in total. The van der Waals surface area contributed by atoms with Crippen molar-refractivity contribution >= 4 is 23.4 Å². The Morgan fingerprint density at radius 1 is 1.14 bits per heavy atom. The van der Waals surface area contributed by atoms with E-state index >= 15 is 0 Å². The van der Waals surface area contributed by atoms with Crippen molar-refractivity contribution < 1.29 is 0 Å². The molecule has 0 fully saturated rings. The van der Waals surface area contributed by atoms with Crippen molar-refractivity contribution in [3.8, 4) is 11.3 Å². The number of halogens is 1. The predicted molar refractivity (Wildman–Crippen MR) is 119 cm³/mol. The summed E-state index contributed by atoms with van der Waals surface area (Å²) in [4.78, 5) is 8.68. The molecule has 0 saturated carbocycles. The van der Waals surface area contributed by atoms with Crippen LogP contribution in [0.25, 0.3) is 11.3 Å². The molecule has 1 unspecified atom stereocenters. The van der Waals surface area contributed by atoms with Crippen LogP contribution in [0.1, 0.15) is 36.5 Å². The Labute approximate surface area is 172 Å². The maximum absolute atomic E-state index is 6.24. The fourth-order valence-corrected chi connectivity index (χ4v) is 3.27. The summed E-state index contributed by atoms with van der Waals surface area (Å²) in [6, 6.07) is 16.5. The minimum absolute atomic E-state index is 0.244. The molecule has 145 valence electrons. The highest BCUT2D eigenvalue weighted by molar-refractivity contribution is 6.31. The van der Waals surface area contributed by atoms with Gasteiger partial charge in [-0.15, -0.1) is 0 Å². The second-order valence-electron chi connectivity index (χ2n) is 6.95. The van der Waals surface area contributed by atoms with Crippen LogP contribution < -0.4 is 11.1 Å². The van der Waals surface area contributed by atoms with E-state index in [9.17, 15) is 0 Å². The molecule has 0 aliphatic heterocycles. The molecule has 3 rings (SSSR count). The van der Waals surface area contributed by atoms with Crippen molar-refractivity contribution in [3.63, 3.8) is 0 Å². The van der Waals surface area contributed by atoms with Gasteiger partial charge in [-0.05, 0) is 48.4 Å².